The van der Waals surface area contributed by atoms with Gasteiger partial charge in [-0.15, -0.1) is 0 Å². The number of rotatable bonds is 3. The Kier molecular flexibility index (Phi) is 5.34. The molecule has 4 aliphatic carbocycles. The van der Waals surface area contributed by atoms with Crippen molar-refractivity contribution >= 4 is 17.5 Å². The van der Waals surface area contributed by atoms with Gasteiger partial charge in [0.2, 0.25) is 0 Å². The molecule has 1 aromatic carbocycles. The molecular weight excluding hydrogens is 400 g/mol. The molecule has 0 amide bonds. The average molecular weight is 437 g/mol. The van der Waals surface area contributed by atoms with Crippen LogP contribution >= 0.6 is 0 Å². The number of Topliss-reactive ketones (excluding diaryl/α,β-unsaturated/α-hetero) is 2. The number of esters is 1. The van der Waals surface area contributed by atoms with Crippen LogP contribution in [0.2, 0.25) is 0 Å². The Morgan fingerprint density at radius 2 is 1.66 bits per heavy atom. The third kappa shape index (κ3) is 3.28. The van der Waals surface area contributed by atoms with Crippen LogP contribution in [-0.4, -0.2) is 23.6 Å². The summed E-state index contributed by atoms with van der Waals surface area (Å²) in [4.78, 5) is 38.0. The first-order valence-electron chi connectivity index (χ1n) is 12.5. The Balaban J connectivity index is 1.37. The van der Waals surface area contributed by atoms with Crippen LogP contribution in [0.1, 0.15) is 82.5 Å². The quantitative estimate of drug-likeness (QED) is 0.576. The maximum atomic E-state index is 13.0. The molecule has 4 aliphatic rings. The van der Waals surface area contributed by atoms with Crippen LogP contribution in [0.25, 0.3) is 0 Å². The van der Waals surface area contributed by atoms with Gasteiger partial charge in [-0.3, -0.25) is 9.59 Å². The molecule has 4 saturated carbocycles. The predicted molar refractivity (Wildman–Crippen MR) is 122 cm³/mol. The lowest BCUT2D eigenvalue weighted by molar-refractivity contribution is -0.157. The van der Waals surface area contributed by atoms with Gasteiger partial charge in [-0.1, -0.05) is 32.0 Å². The van der Waals surface area contributed by atoms with Crippen LogP contribution < -0.4 is 0 Å². The zero-order valence-corrected chi connectivity index (χ0v) is 19.6. The van der Waals surface area contributed by atoms with Gasteiger partial charge in [0.15, 0.2) is 11.9 Å². The third-order valence-electron chi connectivity index (χ3n) is 10.2. The highest BCUT2D eigenvalue weighted by Gasteiger charge is 2.62. The number of carbonyl (C=O) groups excluding carboxylic acids is 3. The molecule has 0 spiro atoms. The number of hydrogen-bond donors (Lipinski definition) is 0. The fourth-order valence-corrected chi connectivity index (χ4v) is 8.62. The zero-order chi connectivity index (χ0) is 22.7. The van der Waals surface area contributed by atoms with Crippen molar-refractivity contribution in [2.75, 3.05) is 0 Å². The normalized spacial score (nSPS) is 43.0. The first-order chi connectivity index (χ1) is 15.2. The fourth-order valence-electron chi connectivity index (χ4n) is 8.62. The molecule has 0 heterocycles. The molecule has 1 unspecified atom stereocenters. The van der Waals surface area contributed by atoms with Crippen LogP contribution in [0.5, 0.6) is 0 Å². The van der Waals surface area contributed by atoms with Crippen molar-refractivity contribution in [1.82, 2.24) is 0 Å². The van der Waals surface area contributed by atoms with Gasteiger partial charge in [0.05, 0.1) is 5.56 Å². The van der Waals surface area contributed by atoms with Gasteiger partial charge in [0.25, 0.3) is 0 Å². The minimum atomic E-state index is -0.635. The molecule has 8 atom stereocenters. The minimum Gasteiger partial charge on any atom is -0.451 e. The SMILES string of the molecule is CC(=O)[C@H]1CC[C@H]2[C@@H]3CC[C@@H]4CC(=O)C(OC(=O)c5ccccc5)C[C@]4(C)[C@H]3CC[C@]12C. The summed E-state index contributed by atoms with van der Waals surface area (Å²) in [5.74, 6) is 2.45. The minimum absolute atomic E-state index is 0.0219. The van der Waals surface area contributed by atoms with Crippen molar-refractivity contribution in [3.8, 4) is 0 Å². The summed E-state index contributed by atoms with van der Waals surface area (Å²) in [7, 11) is 0. The highest BCUT2D eigenvalue weighted by Crippen LogP contribution is 2.67. The van der Waals surface area contributed by atoms with Gasteiger partial charge in [-0.05, 0) is 98.5 Å². The van der Waals surface area contributed by atoms with Crippen LogP contribution in [0.4, 0.5) is 0 Å². The summed E-state index contributed by atoms with van der Waals surface area (Å²) in [5.41, 5.74) is 0.664. The van der Waals surface area contributed by atoms with E-state index in [1.165, 1.54) is 6.42 Å². The summed E-state index contributed by atoms with van der Waals surface area (Å²) in [5, 5.41) is 0. The van der Waals surface area contributed by atoms with Gasteiger partial charge in [-0.25, -0.2) is 4.79 Å². The Labute approximate surface area is 191 Å². The van der Waals surface area contributed by atoms with Crippen molar-refractivity contribution in [1.29, 1.82) is 0 Å². The molecule has 0 aliphatic heterocycles. The topological polar surface area (TPSA) is 60.4 Å². The van der Waals surface area contributed by atoms with Gasteiger partial charge in [0, 0.05) is 12.3 Å². The van der Waals surface area contributed by atoms with Crippen molar-refractivity contribution in [3.05, 3.63) is 35.9 Å². The second kappa shape index (κ2) is 7.81. The average Bonchev–Trinajstić information content (AvgIpc) is 3.13. The largest absolute Gasteiger partial charge is 0.451 e. The van der Waals surface area contributed by atoms with E-state index in [-0.39, 0.29) is 22.5 Å². The van der Waals surface area contributed by atoms with E-state index in [4.69, 9.17) is 4.74 Å². The first kappa shape index (κ1) is 21.9. The number of ether oxygens (including phenoxy) is 1. The zero-order valence-electron chi connectivity index (χ0n) is 19.6. The number of fused-ring (bicyclic) bond motifs is 5. The van der Waals surface area contributed by atoms with Crippen LogP contribution in [0, 0.1) is 40.4 Å². The highest BCUT2D eigenvalue weighted by atomic mass is 16.5. The predicted octanol–water partition coefficient (Wildman–Crippen LogP) is 5.64. The van der Waals surface area contributed by atoms with Crippen LogP contribution in [0.3, 0.4) is 0 Å². The Morgan fingerprint density at radius 1 is 0.938 bits per heavy atom. The van der Waals surface area contributed by atoms with Crippen LogP contribution in [0.15, 0.2) is 30.3 Å². The maximum Gasteiger partial charge on any atom is 0.338 e. The summed E-state index contributed by atoms with van der Waals surface area (Å²) < 4.78 is 5.81. The summed E-state index contributed by atoms with van der Waals surface area (Å²) in [6.45, 7) is 6.52. The summed E-state index contributed by atoms with van der Waals surface area (Å²) >= 11 is 0. The molecule has 0 aromatic heterocycles. The Hall–Kier alpha value is -1.97. The smallest absolute Gasteiger partial charge is 0.338 e. The summed E-state index contributed by atoms with van der Waals surface area (Å²) in [6.07, 6.45) is 7.24. The number of benzene rings is 1. The second-order valence-electron chi connectivity index (χ2n) is 11.6. The van der Waals surface area contributed by atoms with Crippen molar-refractivity contribution in [2.45, 2.75) is 78.2 Å². The fraction of sp³-hybridized carbons (Fsp3) is 0.679. The first-order valence-corrected chi connectivity index (χ1v) is 12.5. The number of hydrogen-bond acceptors (Lipinski definition) is 4. The van der Waals surface area contributed by atoms with Crippen LogP contribution in [-0.2, 0) is 14.3 Å². The second-order valence-corrected chi connectivity index (χ2v) is 11.6. The van der Waals surface area contributed by atoms with E-state index in [0.717, 1.165) is 32.1 Å². The molecule has 0 saturated heterocycles. The van der Waals surface area contributed by atoms with Crippen molar-refractivity contribution in [2.24, 2.45) is 40.4 Å². The van der Waals surface area contributed by atoms with Crippen molar-refractivity contribution in [3.63, 3.8) is 0 Å². The molecular formula is C28H36O4. The Morgan fingerprint density at radius 3 is 2.38 bits per heavy atom. The lowest BCUT2D eigenvalue weighted by atomic mass is 9.44. The molecule has 0 bridgehead atoms. The highest BCUT2D eigenvalue weighted by molar-refractivity contribution is 5.93. The monoisotopic (exact) mass is 436 g/mol. The van der Waals surface area contributed by atoms with E-state index >= 15 is 0 Å². The lowest BCUT2D eigenvalue weighted by Crippen LogP contribution is -2.56. The molecule has 172 valence electrons. The molecule has 4 heteroatoms. The van der Waals surface area contributed by atoms with Crippen molar-refractivity contribution < 1.29 is 19.1 Å². The summed E-state index contributed by atoms with van der Waals surface area (Å²) in [6, 6.07) is 8.98. The molecule has 0 N–H and O–H groups in total. The van der Waals surface area contributed by atoms with E-state index in [2.05, 4.69) is 13.8 Å². The van der Waals surface area contributed by atoms with E-state index in [1.54, 1.807) is 19.1 Å². The molecule has 0 radical (unpaired) electrons. The molecule has 5 rings (SSSR count). The van der Waals surface area contributed by atoms with E-state index in [1.807, 2.05) is 18.2 Å². The van der Waals surface area contributed by atoms with Gasteiger partial charge in [-0.2, -0.15) is 0 Å². The third-order valence-corrected chi connectivity index (χ3v) is 10.2. The van der Waals surface area contributed by atoms with E-state index < -0.39 is 12.1 Å². The number of carbonyl (C=O) groups is 3. The molecule has 4 nitrogen and oxygen atoms in total. The number of ketones is 2. The standard InChI is InChI=1S/C28H36O4/c1-17(29)21-11-12-22-20-10-9-19-15-24(30)25(32-26(31)18-7-5-4-6-8-18)16-28(19,3)23(20)13-14-27(21,22)2/h4-8,19-23,25H,9-16H2,1-3H3/t19-,20+,21-,22+,23+,25?,27-,28+/m1/s1. The molecule has 4 fully saturated rings. The molecule has 1 aromatic rings. The Bertz CT molecular complexity index is 923. The van der Waals surface area contributed by atoms with Gasteiger partial charge in [0.1, 0.15) is 5.78 Å². The van der Waals surface area contributed by atoms with Gasteiger partial charge < -0.3 is 4.74 Å². The maximum absolute atomic E-state index is 13.0. The van der Waals surface area contributed by atoms with E-state index in [9.17, 15) is 14.4 Å². The molecule has 32 heavy (non-hydrogen) atoms. The van der Waals surface area contributed by atoms with E-state index in [0.29, 0.717) is 47.9 Å². The lowest BCUT2D eigenvalue weighted by Gasteiger charge is -2.60. The van der Waals surface area contributed by atoms with Gasteiger partial charge >= 0.3 is 5.97 Å².